The number of aromatic nitrogens is 1. The van der Waals surface area contributed by atoms with Gasteiger partial charge in [0.2, 0.25) is 0 Å². The molecule has 6 heteroatoms. The predicted octanol–water partition coefficient (Wildman–Crippen LogP) is 1.68. The quantitative estimate of drug-likeness (QED) is 0.414. The Morgan fingerprint density at radius 1 is 1.69 bits per heavy atom. The molecule has 68 valence electrons. The zero-order valence-electron chi connectivity index (χ0n) is 6.65. The Bertz CT molecular complexity index is 378. The minimum atomic E-state index is -0.850. The molecule has 5 nitrogen and oxygen atoms in total. The lowest BCUT2D eigenvalue weighted by molar-refractivity contribution is -0.386. The van der Waals surface area contributed by atoms with E-state index in [0.29, 0.717) is 0 Å². The molecule has 0 radical (unpaired) electrons. The monoisotopic (exact) mass is 200 g/mol. The zero-order chi connectivity index (χ0) is 10.0. The number of nitro groups is 1. The lowest BCUT2D eigenvalue weighted by Gasteiger charge is -1.98. The molecule has 0 N–H and O–H groups in total. The summed E-state index contributed by atoms with van der Waals surface area (Å²) in [6.45, 7) is 1.45. The number of hydrogen-bond donors (Lipinski definition) is 0. The Hall–Kier alpha value is -1.49. The van der Waals surface area contributed by atoms with Gasteiger partial charge in [0.15, 0.2) is 0 Å². The van der Waals surface area contributed by atoms with E-state index in [1.54, 1.807) is 0 Å². The molecule has 0 aliphatic heterocycles. The average Bonchev–Trinajstić information content (AvgIpc) is 2.02. The highest BCUT2D eigenvalue weighted by molar-refractivity contribution is 6.68. The third kappa shape index (κ3) is 1.81. The molecule has 0 amide bonds. The summed E-state index contributed by atoms with van der Waals surface area (Å²) in [6, 6.07) is 1.22. The minimum absolute atomic E-state index is 0.126. The minimum Gasteiger partial charge on any atom is -0.275 e. The molecular weight excluding hydrogens is 196 g/mol. The van der Waals surface area contributed by atoms with Crippen molar-refractivity contribution in [3.8, 4) is 0 Å². The fourth-order valence-electron chi connectivity index (χ4n) is 0.948. The van der Waals surface area contributed by atoms with E-state index in [-0.39, 0.29) is 16.9 Å². The van der Waals surface area contributed by atoms with Gasteiger partial charge in [-0.15, -0.1) is 0 Å². The molecule has 0 spiro atoms. The molecule has 0 aliphatic carbocycles. The van der Waals surface area contributed by atoms with Crippen LogP contribution in [0.25, 0.3) is 0 Å². The summed E-state index contributed by atoms with van der Waals surface area (Å²) in [5.41, 5.74) is -0.279. The van der Waals surface area contributed by atoms with Gasteiger partial charge in [-0.2, -0.15) is 0 Å². The number of pyridine rings is 1. The molecule has 0 aliphatic rings. The highest BCUT2D eigenvalue weighted by Gasteiger charge is 2.21. The first-order valence-electron chi connectivity index (χ1n) is 3.34. The van der Waals surface area contributed by atoms with Gasteiger partial charge in [-0.25, -0.2) is 0 Å². The Kier molecular flexibility index (Phi) is 2.57. The molecule has 0 fully saturated rings. The van der Waals surface area contributed by atoms with Crippen LogP contribution in [0.1, 0.15) is 16.1 Å². The van der Waals surface area contributed by atoms with Crippen LogP contribution in [0.3, 0.4) is 0 Å². The van der Waals surface area contributed by atoms with E-state index in [2.05, 4.69) is 4.98 Å². The molecule has 0 aromatic carbocycles. The normalized spacial score (nSPS) is 9.69. The van der Waals surface area contributed by atoms with Gasteiger partial charge in [0.25, 0.3) is 5.24 Å². The van der Waals surface area contributed by atoms with Crippen molar-refractivity contribution < 1.29 is 9.72 Å². The lowest BCUT2D eigenvalue weighted by atomic mass is 10.2. The summed E-state index contributed by atoms with van der Waals surface area (Å²) in [5, 5.41) is 9.65. The molecule has 1 aromatic rings. The molecule has 0 atom stereocenters. The molecule has 0 saturated carbocycles. The van der Waals surface area contributed by atoms with Crippen LogP contribution in [-0.4, -0.2) is 15.1 Å². The van der Waals surface area contributed by atoms with E-state index < -0.39 is 10.2 Å². The van der Waals surface area contributed by atoms with Crippen LogP contribution in [0.5, 0.6) is 0 Å². The summed E-state index contributed by atoms with van der Waals surface area (Å²) >= 11 is 5.15. The van der Waals surface area contributed by atoms with Crippen LogP contribution in [0.4, 0.5) is 5.69 Å². The molecule has 1 aromatic heterocycles. The highest BCUT2D eigenvalue weighted by Crippen LogP contribution is 2.22. The number of halogens is 1. The topological polar surface area (TPSA) is 73.1 Å². The molecule has 0 saturated heterocycles. The second-order valence-corrected chi connectivity index (χ2v) is 2.67. The molecular formula is C7H5ClN2O3. The first-order valence-corrected chi connectivity index (χ1v) is 3.71. The highest BCUT2D eigenvalue weighted by atomic mass is 35.5. The number of aryl methyl sites for hydroxylation is 1. The van der Waals surface area contributed by atoms with Gasteiger partial charge < -0.3 is 0 Å². The number of nitrogens with zero attached hydrogens (tertiary/aromatic N) is 2. The molecule has 1 heterocycles. The number of carbonyl (C=O) groups is 1. The van der Waals surface area contributed by atoms with Gasteiger partial charge in [0.05, 0.1) is 4.92 Å². The van der Waals surface area contributed by atoms with Gasteiger partial charge in [-0.05, 0) is 24.6 Å². The van der Waals surface area contributed by atoms with Gasteiger partial charge in [-0.1, -0.05) is 0 Å². The van der Waals surface area contributed by atoms with Gasteiger partial charge in [0, 0.05) is 6.20 Å². The maximum atomic E-state index is 10.8. The summed E-state index contributed by atoms with van der Waals surface area (Å²) in [5.74, 6) is 0. The van der Waals surface area contributed by atoms with E-state index in [4.69, 9.17) is 11.6 Å². The Morgan fingerprint density at radius 3 is 2.69 bits per heavy atom. The third-order valence-corrected chi connectivity index (χ3v) is 1.71. The number of hydrogen-bond acceptors (Lipinski definition) is 4. The number of carbonyl (C=O) groups excluding carboxylic acids is 1. The Labute approximate surface area is 78.5 Å². The molecule has 1 rings (SSSR count). The predicted molar refractivity (Wildman–Crippen MR) is 45.8 cm³/mol. The lowest BCUT2D eigenvalue weighted by Crippen LogP contribution is -2.01. The van der Waals surface area contributed by atoms with Crippen LogP contribution in [0, 0.1) is 17.0 Å². The van der Waals surface area contributed by atoms with Crippen molar-refractivity contribution in [2.75, 3.05) is 0 Å². The summed E-state index contributed by atoms with van der Waals surface area (Å²) in [7, 11) is 0. The van der Waals surface area contributed by atoms with Crippen LogP contribution in [0.15, 0.2) is 12.3 Å². The van der Waals surface area contributed by atoms with Gasteiger partial charge >= 0.3 is 5.69 Å². The molecule has 0 unspecified atom stereocenters. The van der Waals surface area contributed by atoms with Crippen molar-refractivity contribution >= 4 is 22.5 Å². The van der Waals surface area contributed by atoms with Gasteiger partial charge in [0.1, 0.15) is 11.3 Å². The van der Waals surface area contributed by atoms with Crippen molar-refractivity contribution in [2.24, 2.45) is 0 Å². The van der Waals surface area contributed by atoms with Crippen LogP contribution in [-0.2, 0) is 0 Å². The second kappa shape index (κ2) is 3.49. The smallest absolute Gasteiger partial charge is 0.275 e. The maximum absolute atomic E-state index is 10.8. The maximum Gasteiger partial charge on any atom is 0.302 e. The van der Waals surface area contributed by atoms with Crippen molar-refractivity contribution in [1.29, 1.82) is 0 Å². The van der Waals surface area contributed by atoms with E-state index in [9.17, 15) is 14.9 Å². The third-order valence-electron chi connectivity index (χ3n) is 1.50. The van der Waals surface area contributed by atoms with Crippen LogP contribution < -0.4 is 0 Å². The standard InChI is InChI=1S/C7H5ClN2O3/c1-4-6(10(12)13)5(7(8)11)2-3-9-4/h2-3H,1H3. The fourth-order valence-corrected chi connectivity index (χ4v) is 1.10. The van der Waals surface area contributed by atoms with Crippen LogP contribution in [0.2, 0.25) is 0 Å². The Morgan fingerprint density at radius 2 is 2.31 bits per heavy atom. The molecule has 13 heavy (non-hydrogen) atoms. The Balaban J connectivity index is 3.43. The van der Waals surface area contributed by atoms with Gasteiger partial charge in [-0.3, -0.25) is 19.9 Å². The van der Waals surface area contributed by atoms with Crippen molar-refractivity contribution in [3.63, 3.8) is 0 Å². The summed E-state index contributed by atoms with van der Waals surface area (Å²) < 4.78 is 0. The van der Waals surface area contributed by atoms with Crippen LogP contribution >= 0.6 is 11.6 Å². The van der Waals surface area contributed by atoms with E-state index in [1.165, 1.54) is 19.2 Å². The number of rotatable bonds is 2. The summed E-state index contributed by atoms with van der Waals surface area (Å²) in [6.07, 6.45) is 1.30. The van der Waals surface area contributed by atoms with Crippen molar-refractivity contribution in [2.45, 2.75) is 6.92 Å². The first-order chi connectivity index (χ1) is 6.04. The fraction of sp³-hybridized carbons (Fsp3) is 0.143. The van der Waals surface area contributed by atoms with E-state index >= 15 is 0 Å². The van der Waals surface area contributed by atoms with E-state index in [0.717, 1.165) is 0 Å². The van der Waals surface area contributed by atoms with Crippen molar-refractivity contribution in [1.82, 2.24) is 4.98 Å². The largest absolute Gasteiger partial charge is 0.302 e. The summed E-state index contributed by atoms with van der Waals surface area (Å²) in [4.78, 5) is 24.3. The zero-order valence-corrected chi connectivity index (χ0v) is 7.41. The SMILES string of the molecule is Cc1nccc(C(=O)Cl)c1[N+](=O)[O-]. The van der Waals surface area contributed by atoms with E-state index in [1.807, 2.05) is 0 Å². The second-order valence-electron chi connectivity index (χ2n) is 2.32. The van der Waals surface area contributed by atoms with Crippen molar-refractivity contribution in [3.05, 3.63) is 33.6 Å². The average molecular weight is 201 g/mol. The molecule has 0 bridgehead atoms. The first kappa shape index (κ1) is 9.60.